The number of carbonyl (C=O) groups excluding carboxylic acids is 1. The van der Waals surface area contributed by atoms with Gasteiger partial charge in [0.05, 0.1) is 18.8 Å². The monoisotopic (exact) mass is 316 g/mol. The number of benzene rings is 2. The van der Waals surface area contributed by atoms with Crippen molar-refractivity contribution < 1.29 is 14.6 Å². The fourth-order valence-corrected chi connectivity index (χ4v) is 2.42. The molecule has 0 aliphatic rings. The van der Waals surface area contributed by atoms with E-state index in [1.54, 1.807) is 7.11 Å². The van der Waals surface area contributed by atoms with Crippen LogP contribution >= 0.6 is 0 Å². The standard InChI is InChI=1S/C18H24N2O3/c1-3-16(12-23-2)20-18(22)19-11-17(21)15-9-8-13-6-4-5-7-14(13)10-15/h4-10,16-17,21H,3,11-12H2,1-2H3,(H2,19,20,22). The molecule has 0 radical (unpaired) electrons. The first-order valence-electron chi connectivity index (χ1n) is 7.84. The average Bonchev–Trinajstić information content (AvgIpc) is 2.58. The number of fused-ring (bicyclic) bond motifs is 1. The Bertz CT molecular complexity index is 645. The van der Waals surface area contributed by atoms with Gasteiger partial charge < -0.3 is 20.5 Å². The third kappa shape index (κ3) is 4.94. The molecule has 2 aromatic rings. The molecule has 0 bridgehead atoms. The van der Waals surface area contributed by atoms with E-state index >= 15 is 0 Å². The summed E-state index contributed by atoms with van der Waals surface area (Å²) >= 11 is 0. The van der Waals surface area contributed by atoms with Gasteiger partial charge in [-0.05, 0) is 28.8 Å². The van der Waals surface area contributed by atoms with Crippen LogP contribution in [0.4, 0.5) is 4.79 Å². The highest BCUT2D eigenvalue weighted by Gasteiger charge is 2.13. The molecular formula is C18H24N2O3. The van der Waals surface area contributed by atoms with E-state index in [-0.39, 0.29) is 18.6 Å². The van der Waals surface area contributed by atoms with E-state index in [2.05, 4.69) is 10.6 Å². The Hall–Kier alpha value is -2.11. The molecule has 2 aromatic carbocycles. The topological polar surface area (TPSA) is 70.6 Å². The molecule has 0 aromatic heterocycles. The number of aliphatic hydroxyl groups is 1. The molecule has 0 aliphatic carbocycles. The summed E-state index contributed by atoms with van der Waals surface area (Å²) in [6.07, 6.45) is 0.0435. The first kappa shape index (κ1) is 17.2. The SMILES string of the molecule is CCC(COC)NC(=O)NCC(O)c1ccc2ccccc2c1. The summed E-state index contributed by atoms with van der Waals surface area (Å²) in [7, 11) is 1.60. The van der Waals surface area contributed by atoms with Crippen LogP contribution in [0.1, 0.15) is 25.0 Å². The Balaban J connectivity index is 1.90. The largest absolute Gasteiger partial charge is 0.387 e. The number of aliphatic hydroxyl groups excluding tert-OH is 1. The van der Waals surface area contributed by atoms with Gasteiger partial charge in [-0.15, -0.1) is 0 Å². The summed E-state index contributed by atoms with van der Waals surface area (Å²) < 4.78 is 5.04. The van der Waals surface area contributed by atoms with Crippen LogP contribution in [0, 0.1) is 0 Å². The number of rotatable bonds is 7. The molecule has 2 amide bonds. The fourth-order valence-electron chi connectivity index (χ4n) is 2.42. The smallest absolute Gasteiger partial charge is 0.315 e. The lowest BCUT2D eigenvalue weighted by molar-refractivity contribution is 0.157. The van der Waals surface area contributed by atoms with Crippen molar-refractivity contribution in [2.45, 2.75) is 25.5 Å². The molecule has 0 fully saturated rings. The predicted octanol–water partition coefficient (Wildman–Crippen LogP) is 2.60. The Kier molecular flexibility index (Phi) is 6.38. The molecule has 124 valence electrons. The zero-order chi connectivity index (χ0) is 16.7. The third-order valence-corrected chi connectivity index (χ3v) is 3.81. The van der Waals surface area contributed by atoms with E-state index in [0.29, 0.717) is 6.61 Å². The average molecular weight is 316 g/mol. The highest BCUT2D eigenvalue weighted by Crippen LogP contribution is 2.19. The van der Waals surface area contributed by atoms with Crippen molar-refractivity contribution in [2.75, 3.05) is 20.3 Å². The van der Waals surface area contributed by atoms with Gasteiger partial charge in [-0.25, -0.2) is 4.79 Å². The number of methoxy groups -OCH3 is 1. The molecular weight excluding hydrogens is 292 g/mol. The molecule has 23 heavy (non-hydrogen) atoms. The molecule has 0 saturated heterocycles. The van der Waals surface area contributed by atoms with Gasteiger partial charge in [-0.3, -0.25) is 0 Å². The van der Waals surface area contributed by atoms with Crippen LogP contribution in [-0.4, -0.2) is 37.4 Å². The van der Waals surface area contributed by atoms with E-state index in [0.717, 1.165) is 22.8 Å². The number of carbonyl (C=O) groups is 1. The minimum atomic E-state index is -0.743. The zero-order valence-corrected chi connectivity index (χ0v) is 13.6. The minimum Gasteiger partial charge on any atom is -0.387 e. The molecule has 5 nitrogen and oxygen atoms in total. The number of hydrogen-bond acceptors (Lipinski definition) is 3. The van der Waals surface area contributed by atoms with Crippen LogP contribution in [0.5, 0.6) is 0 Å². The van der Waals surface area contributed by atoms with E-state index in [4.69, 9.17) is 4.74 Å². The van der Waals surface area contributed by atoms with Crippen molar-refractivity contribution in [3.63, 3.8) is 0 Å². The van der Waals surface area contributed by atoms with Gasteiger partial charge in [-0.2, -0.15) is 0 Å². The highest BCUT2D eigenvalue weighted by atomic mass is 16.5. The second-order valence-electron chi connectivity index (χ2n) is 5.54. The van der Waals surface area contributed by atoms with Crippen LogP contribution in [0.3, 0.4) is 0 Å². The lowest BCUT2D eigenvalue weighted by Crippen LogP contribution is -2.44. The Morgan fingerprint density at radius 1 is 1.22 bits per heavy atom. The lowest BCUT2D eigenvalue weighted by Gasteiger charge is -2.18. The van der Waals surface area contributed by atoms with E-state index in [9.17, 15) is 9.90 Å². The van der Waals surface area contributed by atoms with E-state index in [1.165, 1.54) is 0 Å². The van der Waals surface area contributed by atoms with Crippen molar-refractivity contribution in [3.8, 4) is 0 Å². The molecule has 0 heterocycles. The zero-order valence-electron chi connectivity index (χ0n) is 13.6. The van der Waals surface area contributed by atoms with Gasteiger partial charge in [0, 0.05) is 13.7 Å². The highest BCUT2D eigenvalue weighted by molar-refractivity contribution is 5.83. The molecule has 2 unspecified atom stereocenters. The van der Waals surface area contributed by atoms with Crippen LogP contribution < -0.4 is 10.6 Å². The number of nitrogens with one attached hydrogen (secondary N) is 2. The number of urea groups is 1. The van der Waals surface area contributed by atoms with Crippen molar-refractivity contribution in [1.29, 1.82) is 0 Å². The van der Waals surface area contributed by atoms with Gasteiger partial charge >= 0.3 is 6.03 Å². The minimum absolute atomic E-state index is 0.0298. The van der Waals surface area contributed by atoms with Crippen LogP contribution in [0.2, 0.25) is 0 Å². The van der Waals surface area contributed by atoms with Crippen molar-refractivity contribution in [2.24, 2.45) is 0 Å². The normalized spacial score (nSPS) is 13.5. The van der Waals surface area contributed by atoms with Crippen LogP contribution in [0.25, 0.3) is 10.8 Å². The van der Waals surface area contributed by atoms with Crippen LogP contribution in [-0.2, 0) is 4.74 Å². The van der Waals surface area contributed by atoms with Crippen LogP contribution in [0.15, 0.2) is 42.5 Å². The first-order chi connectivity index (χ1) is 11.1. The number of amides is 2. The second kappa shape index (κ2) is 8.50. The van der Waals surface area contributed by atoms with Gasteiger partial charge in [0.2, 0.25) is 0 Å². The molecule has 0 aliphatic heterocycles. The predicted molar refractivity (Wildman–Crippen MR) is 91.4 cm³/mol. The number of ether oxygens (including phenoxy) is 1. The van der Waals surface area contributed by atoms with E-state index < -0.39 is 6.10 Å². The Morgan fingerprint density at radius 3 is 2.65 bits per heavy atom. The maximum atomic E-state index is 11.8. The van der Waals surface area contributed by atoms with Gasteiger partial charge in [-0.1, -0.05) is 43.3 Å². The molecule has 0 spiro atoms. The molecule has 2 rings (SSSR count). The van der Waals surface area contributed by atoms with Crippen molar-refractivity contribution in [3.05, 3.63) is 48.0 Å². The van der Waals surface area contributed by atoms with E-state index in [1.807, 2.05) is 49.4 Å². The fraction of sp³-hybridized carbons (Fsp3) is 0.389. The summed E-state index contributed by atoms with van der Waals surface area (Å²) in [5, 5.41) is 18.0. The first-order valence-corrected chi connectivity index (χ1v) is 7.84. The maximum Gasteiger partial charge on any atom is 0.315 e. The summed E-state index contributed by atoms with van der Waals surface area (Å²) in [5.41, 5.74) is 0.785. The molecule has 5 heteroatoms. The quantitative estimate of drug-likeness (QED) is 0.735. The summed E-state index contributed by atoms with van der Waals surface area (Å²) in [4.78, 5) is 11.8. The summed E-state index contributed by atoms with van der Waals surface area (Å²) in [5.74, 6) is 0. The Labute approximate surface area is 136 Å². The van der Waals surface area contributed by atoms with Crippen molar-refractivity contribution >= 4 is 16.8 Å². The molecule has 2 atom stereocenters. The van der Waals surface area contributed by atoms with Crippen molar-refractivity contribution in [1.82, 2.24) is 10.6 Å². The summed E-state index contributed by atoms with van der Waals surface area (Å²) in [6, 6.07) is 13.4. The van der Waals surface area contributed by atoms with Gasteiger partial charge in [0.25, 0.3) is 0 Å². The molecule has 3 N–H and O–H groups in total. The molecule has 0 saturated carbocycles. The van der Waals surface area contributed by atoms with Gasteiger partial charge in [0.15, 0.2) is 0 Å². The Morgan fingerprint density at radius 2 is 1.96 bits per heavy atom. The summed E-state index contributed by atoms with van der Waals surface area (Å²) in [6.45, 7) is 2.61. The number of hydrogen-bond donors (Lipinski definition) is 3. The lowest BCUT2D eigenvalue weighted by atomic mass is 10.0. The second-order valence-corrected chi connectivity index (χ2v) is 5.54. The van der Waals surface area contributed by atoms with Gasteiger partial charge in [0.1, 0.15) is 0 Å². The third-order valence-electron chi connectivity index (χ3n) is 3.81. The maximum absolute atomic E-state index is 11.8.